The maximum atomic E-state index is 13.4. The Bertz CT molecular complexity index is 1080. The summed E-state index contributed by atoms with van der Waals surface area (Å²) in [6.07, 6.45) is 2.68. The zero-order valence-corrected chi connectivity index (χ0v) is 22.6. The van der Waals surface area contributed by atoms with E-state index in [-0.39, 0.29) is 24.8 Å². The van der Waals surface area contributed by atoms with Crippen molar-refractivity contribution in [1.29, 1.82) is 0 Å². The Kier molecular flexibility index (Phi) is 11.7. The number of benzene rings is 2. The van der Waals surface area contributed by atoms with Crippen molar-refractivity contribution in [2.45, 2.75) is 52.5 Å². The van der Waals surface area contributed by atoms with Gasteiger partial charge in [0.2, 0.25) is 21.8 Å². The number of rotatable bonds is 15. The number of likely N-dealkylation sites (N-methyl/N-ethyl adjacent to an activating group) is 1. The molecule has 0 saturated heterocycles. The van der Waals surface area contributed by atoms with Crippen LogP contribution in [0.25, 0.3) is 0 Å². The van der Waals surface area contributed by atoms with Crippen molar-refractivity contribution >= 4 is 27.5 Å². The fourth-order valence-electron chi connectivity index (χ4n) is 4.11. The molecule has 0 unspecified atom stereocenters. The van der Waals surface area contributed by atoms with Crippen molar-refractivity contribution in [3.05, 3.63) is 60.2 Å². The van der Waals surface area contributed by atoms with E-state index in [4.69, 9.17) is 4.74 Å². The van der Waals surface area contributed by atoms with E-state index in [0.717, 1.165) is 11.8 Å². The molecule has 198 valence electrons. The molecule has 0 aliphatic carbocycles. The summed E-state index contributed by atoms with van der Waals surface area (Å²) in [5.74, 6) is 0.129. The topological polar surface area (TPSA) is 96.0 Å². The maximum absolute atomic E-state index is 13.4. The zero-order valence-electron chi connectivity index (χ0n) is 21.8. The maximum Gasteiger partial charge on any atom is 0.242 e. The lowest BCUT2D eigenvalue weighted by atomic mass is 10.1. The summed E-state index contributed by atoms with van der Waals surface area (Å²) in [6, 6.07) is 16.2. The van der Waals surface area contributed by atoms with Crippen molar-refractivity contribution in [2.24, 2.45) is 0 Å². The van der Waals surface area contributed by atoms with Crippen LogP contribution in [-0.4, -0.2) is 63.7 Å². The second-order valence-electron chi connectivity index (χ2n) is 8.48. The molecule has 0 aromatic heterocycles. The minimum atomic E-state index is -3.60. The van der Waals surface area contributed by atoms with Gasteiger partial charge < -0.3 is 15.0 Å². The first-order chi connectivity index (χ1) is 17.2. The van der Waals surface area contributed by atoms with Gasteiger partial charge in [-0.3, -0.25) is 13.9 Å². The first-order valence-electron chi connectivity index (χ1n) is 12.5. The Balaban J connectivity index is 2.17. The van der Waals surface area contributed by atoms with Gasteiger partial charge in [0.15, 0.2) is 0 Å². The minimum Gasteiger partial charge on any atom is -0.492 e. The van der Waals surface area contributed by atoms with Crippen LogP contribution in [0.15, 0.2) is 54.6 Å². The van der Waals surface area contributed by atoms with E-state index in [1.807, 2.05) is 51.1 Å². The number of nitrogens with one attached hydrogen (secondary N) is 1. The number of carbonyl (C=O) groups excluding carboxylic acids is 2. The summed E-state index contributed by atoms with van der Waals surface area (Å²) in [7, 11) is -3.60. The zero-order chi connectivity index (χ0) is 26.6. The summed E-state index contributed by atoms with van der Waals surface area (Å²) < 4.78 is 32.1. The fourth-order valence-corrected chi connectivity index (χ4v) is 5.08. The van der Waals surface area contributed by atoms with E-state index in [0.29, 0.717) is 50.4 Å². The van der Waals surface area contributed by atoms with Crippen LogP contribution in [0.3, 0.4) is 0 Å². The van der Waals surface area contributed by atoms with Gasteiger partial charge in [0.05, 0.1) is 18.6 Å². The quantitative estimate of drug-likeness (QED) is 0.389. The Hall–Kier alpha value is -3.07. The molecule has 8 nitrogen and oxygen atoms in total. The van der Waals surface area contributed by atoms with Crippen molar-refractivity contribution in [2.75, 3.05) is 36.8 Å². The Morgan fingerprint density at radius 2 is 1.64 bits per heavy atom. The Morgan fingerprint density at radius 3 is 2.25 bits per heavy atom. The smallest absolute Gasteiger partial charge is 0.242 e. The van der Waals surface area contributed by atoms with Gasteiger partial charge in [-0.05, 0) is 50.8 Å². The molecule has 0 heterocycles. The summed E-state index contributed by atoms with van der Waals surface area (Å²) in [4.78, 5) is 27.7. The van der Waals surface area contributed by atoms with Crippen LogP contribution in [0, 0.1) is 0 Å². The highest BCUT2D eigenvalue weighted by Gasteiger charge is 2.28. The number of sulfonamides is 1. The molecule has 0 bridgehead atoms. The van der Waals surface area contributed by atoms with Gasteiger partial charge in [-0.1, -0.05) is 49.4 Å². The van der Waals surface area contributed by atoms with Gasteiger partial charge in [0.1, 0.15) is 11.8 Å². The molecule has 0 spiro atoms. The standard InChI is InChI=1S/C27H39N3O5S/c1-5-23(27(32)28-6-2)29(21-19-22-14-9-8-10-15-22)26(31)18-13-20-30(36(4,33)34)24-16-11-12-17-25(24)35-7-3/h8-12,14-17,23H,5-7,13,18-21H2,1-4H3,(H,28,32)/t23-/m1/s1. The second-order valence-corrected chi connectivity index (χ2v) is 10.4. The van der Waals surface area contributed by atoms with Crippen LogP contribution in [0.2, 0.25) is 0 Å². The van der Waals surface area contributed by atoms with Crippen molar-refractivity contribution < 1.29 is 22.7 Å². The Labute approximate surface area is 215 Å². The first-order valence-corrected chi connectivity index (χ1v) is 14.4. The summed E-state index contributed by atoms with van der Waals surface area (Å²) in [5.41, 5.74) is 1.53. The molecule has 2 amide bonds. The summed E-state index contributed by atoms with van der Waals surface area (Å²) in [6.45, 7) is 6.99. The number of amides is 2. The average molecular weight is 518 g/mol. The molecule has 9 heteroatoms. The van der Waals surface area contributed by atoms with E-state index in [9.17, 15) is 18.0 Å². The van der Waals surface area contributed by atoms with Gasteiger partial charge in [-0.2, -0.15) is 0 Å². The Morgan fingerprint density at radius 1 is 0.972 bits per heavy atom. The average Bonchev–Trinajstić information content (AvgIpc) is 2.85. The molecule has 0 aliphatic heterocycles. The number of hydrogen-bond acceptors (Lipinski definition) is 5. The van der Waals surface area contributed by atoms with E-state index in [1.165, 1.54) is 4.31 Å². The van der Waals surface area contributed by atoms with Crippen LogP contribution in [0.1, 0.15) is 45.6 Å². The lowest BCUT2D eigenvalue weighted by Crippen LogP contribution is -2.50. The third-order valence-electron chi connectivity index (χ3n) is 5.81. The first kappa shape index (κ1) is 29.2. The minimum absolute atomic E-state index is 0.119. The van der Waals surface area contributed by atoms with Gasteiger partial charge in [0, 0.05) is 26.1 Å². The fraction of sp³-hybridized carbons (Fsp3) is 0.481. The number of carbonyl (C=O) groups is 2. The van der Waals surface area contributed by atoms with Gasteiger partial charge in [-0.15, -0.1) is 0 Å². The van der Waals surface area contributed by atoms with E-state index >= 15 is 0 Å². The van der Waals surface area contributed by atoms with Crippen LogP contribution >= 0.6 is 0 Å². The molecule has 2 rings (SSSR count). The number of ether oxygens (including phenoxy) is 1. The molecule has 0 fully saturated rings. The van der Waals surface area contributed by atoms with Gasteiger partial charge >= 0.3 is 0 Å². The van der Waals surface area contributed by atoms with Gasteiger partial charge in [0.25, 0.3) is 0 Å². The second kappa shape index (κ2) is 14.5. The van der Waals surface area contributed by atoms with Crippen LogP contribution < -0.4 is 14.4 Å². The molecule has 0 aliphatic rings. The predicted octanol–water partition coefficient (Wildman–Crippen LogP) is 3.62. The SMILES string of the molecule is CCNC(=O)[C@@H](CC)N(CCc1ccccc1)C(=O)CCCN(c1ccccc1OCC)S(C)(=O)=O. The molecular weight excluding hydrogens is 478 g/mol. The molecule has 0 saturated carbocycles. The van der Waals surface area contributed by atoms with Crippen LogP contribution in [0.4, 0.5) is 5.69 Å². The van der Waals surface area contributed by atoms with Crippen molar-refractivity contribution in [3.63, 3.8) is 0 Å². The van der Waals surface area contributed by atoms with E-state index in [2.05, 4.69) is 5.32 Å². The molecule has 2 aromatic rings. The van der Waals surface area contributed by atoms with Crippen LogP contribution in [-0.2, 0) is 26.0 Å². The third-order valence-corrected chi connectivity index (χ3v) is 6.99. The lowest BCUT2D eigenvalue weighted by Gasteiger charge is -2.31. The molecule has 2 aromatic carbocycles. The lowest BCUT2D eigenvalue weighted by molar-refractivity contribution is -0.140. The largest absolute Gasteiger partial charge is 0.492 e. The predicted molar refractivity (Wildman–Crippen MR) is 144 cm³/mol. The van der Waals surface area contributed by atoms with Crippen molar-refractivity contribution in [1.82, 2.24) is 10.2 Å². The molecule has 36 heavy (non-hydrogen) atoms. The molecule has 1 atom stereocenters. The third kappa shape index (κ3) is 8.55. The van der Waals surface area contributed by atoms with Gasteiger partial charge in [-0.25, -0.2) is 8.42 Å². The highest BCUT2D eigenvalue weighted by atomic mass is 32.2. The molecule has 0 radical (unpaired) electrons. The highest BCUT2D eigenvalue weighted by Crippen LogP contribution is 2.30. The van der Waals surface area contributed by atoms with E-state index in [1.54, 1.807) is 29.2 Å². The molecule has 1 N–H and O–H groups in total. The number of nitrogens with zero attached hydrogens (tertiary/aromatic N) is 2. The normalized spacial score (nSPS) is 12.0. The molecular formula is C27H39N3O5S. The summed E-state index contributed by atoms with van der Waals surface area (Å²) in [5, 5.41) is 2.83. The number of hydrogen-bond donors (Lipinski definition) is 1. The number of para-hydroxylation sites is 2. The monoisotopic (exact) mass is 517 g/mol. The van der Waals surface area contributed by atoms with Crippen LogP contribution in [0.5, 0.6) is 5.75 Å². The van der Waals surface area contributed by atoms with E-state index < -0.39 is 16.1 Å². The number of anilines is 1. The highest BCUT2D eigenvalue weighted by molar-refractivity contribution is 7.92. The summed E-state index contributed by atoms with van der Waals surface area (Å²) >= 11 is 0. The van der Waals surface area contributed by atoms with Crippen molar-refractivity contribution in [3.8, 4) is 5.75 Å².